The zero-order chi connectivity index (χ0) is 14.4. The first-order valence-electron chi connectivity index (χ1n) is 6.62. The standard InChI is InChI=1S/C17H19NO2/c1-18(2)11-12-20-17-9-7-16(8-10-17)15-5-3-14(13-19)4-6-15/h3-10,13H,11-12H2,1-2H3. The Balaban J connectivity index is 2.01. The summed E-state index contributed by atoms with van der Waals surface area (Å²) in [4.78, 5) is 12.7. The van der Waals surface area contributed by atoms with Gasteiger partial charge in [0.25, 0.3) is 0 Å². The first-order valence-corrected chi connectivity index (χ1v) is 6.62. The Bertz CT molecular complexity index is 544. The summed E-state index contributed by atoms with van der Waals surface area (Å²) in [5.41, 5.74) is 2.90. The number of carbonyl (C=O) groups excluding carboxylic acids is 1. The largest absolute Gasteiger partial charge is 0.492 e. The lowest BCUT2D eigenvalue weighted by Gasteiger charge is -2.11. The Kier molecular flexibility index (Phi) is 4.91. The molecule has 3 nitrogen and oxygen atoms in total. The van der Waals surface area contributed by atoms with Crippen LogP contribution in [-0.2, 0) is 0 Å². The maximum absolute atomic E-state index is 10.6. The number of nitrogens with zero attached hydrogens (tertiary/aromatic N) is 1. The van der Waals surface area contributed by atoms with Gasteiger partial charge in [-0.1, -0.05) is 36.4 Å². The monoisotopic (exact) mass is 269 g/mol. The molecule has 0 atom stereocenters. The second-order valence-electron chi connectivity index (χ2n) is 4.92. The molecule has 0 bridgehead atoms. The van der Waals surface area contributed by atoms with Crippen molar-refractivity contribution < 1.29 is 9.53 Å². The molecule has 0 heterocycles. The van der Waals surface area contributed by atoms with Gasteiger partial charge in [-0.05, 0) is 37.4 Å². The van der Waals surface area contributed by atoms with Crippen molar-refractivity contribution in [2.24, 2.45) is 0 Å². The number of rotatable bonds is 6. The number of aldehydes is 1. The first-order chi connectivity index (χ1) is 9.69. The van der Waals surface area contributed by atoms with E-state index in [1.807, 2.05) is 62.6 Å². The van der Waals surface area contributed by atoms with Gasteiger partial charge in [0.2, 0.25) is 0 Å². The summed E-state index contributed by atoms with van der Waals surface area (Å²) in [5.74, 6) is 0.875. The van der Waals surface area contributed by atoms with Crippen molar-refractivity contribution in [2.45, 2.75) is 0 Å². The number of hydrogen-bond acceptors (Lipinski definition) is 3. The second kappa shape index (κ2) is 6.87. The minimum absolute atomic E-state index is 0.681. The van der Waals surface area contributed by atoms with Gasteiger partial charge in [0.05, 0.1) is 0 Å². The van der Waals surface area contributed by atoms with E-state index in [-0.39, 0.29) is 0 Å². The van der Waals surface area contributed by atoms with E-state index >= 15 is 0 Å². The first kappa shape index (κ1) is 14.3. The number of benzene rings is 2. The van der Waals surface area contributed by atoms with Crippen LogP contribution < -0.4 is 4.74 Å². The summed E-state index contributed by atoms with van der Waals surface area (Å²) in [6, 6.07) is 15.5. The van der Waals surface area contributed by atoms with E-state index in [0.717, 1.165) is 29.7 Å². The molecular weight excluding hydrogens is 250 g/mol. The normalized spacial score (nSPS) is 10.6. The molecule has 0 N–H and O–H groups in total. The van der Waals surface area contributed by atoms with Crippen LogP contribution in [0.15, 0.2) is 48.5 Å². The van der Waals surface area contributed by atoms with E-state index in [2.05, 4.69) is 4.90 Å². The van der Waals surface area contributed by atoms with E-state index < -0.39 is 0 Å². The third kappa shape index (κ3) is 3.93. The molecule has 0 unspecified atom stereocenters. The number of likely N-dealkylation sites (N-methyl/N-ethyl adjacent to an activating group) is 1. The van der Waals surface area contributed by atoms with E-state index in [1.54, 1.807) is 0 Å². The fourth-order valence-electron chi connectivity index (χ4n) is 1.84. The van der Waals surface area contributed by atoms with E-state index in [9.17, 15) is 4.79 Å². The third-order valence-electron chi connectivity index (χ3n) is 3.04. The third-order valence-corrected chi connectivity index (χ3v) is 3.04. The predicted molar refractivity (Wildman–Crippen MR) is 81.3 cm³/mol. The molecule has 0 saturated heterocycles. The summed E-state index contributed by atoms with van der Waals surface area (Å²) in [6.07, 6.45) is 0.853. The summed E-state index contributed by atoms with van der Waals surface area (Å²) < 4.78 is 5.66. The molecule has 3 heteroatoms. The van der Waals surface area contributed by atoms with Gasteiger partial charge in [-0.2, -0.15) is 0 Å². The minimum atomic E-state index is 0.681. The van der Waals surface area contributed by atoms with Crippen LogP contribution in [0, 0.1) is 0 Å². The maximum atomic E-state index is 10.6. The molecule has 0 aliphatic rings. The predicted octanol–water partition coefficient (Wildman–Crippen LogP) is 3.11. The fraction of sp³-hybridized carbons (Fsp3) is 0.235. The lowest BCUT2D eigenvalue weighted by atomic mass is 10.0. The molecule has 0 saturated carbocycles. The summed E-state index contributed by atoms with van der Waals surface area (Å²) >= 11 is 0. The molecule has 0 aliphatic carbocycles. The van der Waals surface area contributed by atoms with Gasteiger partial charge >= 0.3 is 0 Å². The molecule has 0 aromatic heterocycles. The minimum Gasteiger partial charge on any atom is -0.492 e. The van der Waals surface area contributed by atoms with E-state index in [4.69, 9.17) is 4.74 Å². The average Bonchev–Trinajstić information content (AvgIpc) is 2.48. The van der Waals surface area contributed by atoms with Crippen molar-refractivity contribution in [1.82, 2.24) is 4.90 Å². The van der Waals surface area contributed by atoms with Crippen molar-refractivity contribution in [2.75, 3.05) is 27.2 Å². The molecular formula is C17H19NO2. The fourth-order valence-corrected chi connectivity index (χ4v) is 1.84. The molecule has 2 aromatic rings. The Labute approximate surface area is 119 Å². The number of carbonyl (C=O) groups is 1. The van der Waals surface area contributed by atoms with Crippen LogP contribution in [0.2, 0.25) is 0 Å². The zero-order valence-corrected chi connectivity index (χ0v) is 11.9. The molecule has 20 heavy (non-hydrogen) atoms. The van der Waals surface area contributed by atoms with Crippen molar-refractivity contribution in [1.29, 1.82) is 0 Å². The van der Waals surface area contributed by atoms with Crippen molar-refractivity contribution in [3.63, 3.8) is 0 Å². The van der Waals surface area contributed by atoms with Crippen LogP contribution in [-0.4, -0.2) is 38.4 Å². The van der Waals surface area contributed by atoms with E-state index in [0.29, 0.717) is 12.2 Å². The molecule has 0 spiro atoms. The van der Waals surface area contributed by atoms with Crippen molar-refractivity contribution in [3.8, 4) is 16.9 Å². The Morgan fingerprint density at radius 2 is 1.50 bits per heavy atom. The summed E-state index contributed by atoms with van der Waals surface area (Å²) in [6.45, 7) is 1.58. The number of hydrogen-bond donors (Lipinski definition) is 0. The summed E-state index contributed by atoms with van der Waals surface area (Å²) in [5, 5.41) is 0. The highest BCUT2D eigenvalue weighted by Crippen LogP contribution is 2.22. The van der Waals surface area contributed by atoms with Crippen LogP contribution in [0.25, 0.3) is 11.1 Å². The lowest BCUT2D eigenvalue weighted by Crippen LogP contribution is -2.19. The smallest absolute Gasteiger partial charge is 0.150 e. The average molecular weight is 269 g/mol. The number of ether oxygens (including phenoxy) is 1. The Morgan fingerprint density at radius 3 is 2.00 bits per heavy atom. The SMILES string of the molecule is CN(C)CCOc1ccc(-c2ccc(C=O)cc2)cc1. The topological polar surface area (TPSA) is 29.5 Å². The van der Waals surface area contributed by atoms with Crippen LogP contribution in [0.3, 0.4) is 0 Å². The van der Waals surface area contributed by atoms with Gasteiger partial charge in [0, 0.05) is 12.1 Å². The van der Waals surface area contributed by atoms with Gasteiger partial charge in [0.1, 0.15) is 18.6 Å². The molecule has 0 amide bonds. The van der Waals surface area contributed by atoms with Crippen molar-refractivity contribution >= 4 is 6.29 Å². The Morgan fingerprint density at radius 1 is 0.950 bits per heavy atom. The molecule has 0 fully saturated rings. The van der Waals surface area contributed by atoms with Gasteiger partial charge in [0.15, 0.2) is 0 Å². The van der Waals surface area contributed by atoms with Crippen LogP contribution in [0.1, 0.15) is 10.4 Å². The van der Waals surface area contributed by atoms with Crippen LogP contribution in [0.4, 0.5) is 0 Å². The zero-order valence-electron chi connectivity index (χ0n) is 11.9. The van der Waals surface area contributed by atoms with Crippen LogP contribution in [0.5, 0.6) is 5.75 Å². The molecule has 104 valence electrons. The molecule has 0 radical (unpaired) electrons. The second-order valence-corrected chi connectivity index (χ2v) is 4.92. The molecule has 2 rings (SSSR count). The van der Waals surface area contributed by atoms with Crippen LogP contribution >= 0.6 is 0 Å². The highest BCUT2D eigenvalue weighted by molar-refractivity contribution is 5.76. The molecule has 0 aliphatic heterocycles. The highest BCUT2D eigenvalue weighted by Gasteiger charge is 2.00. The lowest BCUT2D eigenvalue weighted by molar-refractivity contribution is 0.112. The molecule has 2 aromatic carbocycles. The van der Waals surface area contributed by atoms with Gasteiger partial charge < -0.3 is 9.64 Å². The van der Waals surface area contributed by atoms with Gasteiger partial charge in [-0.15, -0.1) is 0 Å². The maximum Gasteiger partial charge on any atom is 0.150 e. The quantitative estimate of drug-likeness (QED) is 0.755. The summed E-state index contributed by atoms with van der Waals surface area (Å²) in [7, 11) is 4.05. The Hall–Kier alpha value is -2.13. The van der Waals surface area contributed by atoms with E-state index in [1.165, 1.54) is 0 Å². The van der Waals surface area contributed by atoms with Gasteiger partial charge in [-0.25, -0.2) is 0 Å². The van der Waals surface area contributed by atoms with Crippen molar-refractivity contribution in [3.05, 3.63) is 54.1 Å². The van der Waals surface area contributed by atoms with Gasteiger partial charge in [-0.3, -0.25) is 4.79 Å². The highest BCUT2D eigenvalue weighted by atomic mass is 16.5.